The predicted octanol–water partition coefficient (Wildman–Crippen LogP) is 3.36. The van der Waals surface area contributed by atoms with Crippen molar-refractivity contribution in [1.82, 2.24) is 4.90 Å². The summed E-state index contributed by atoms with van der Waals surface area (Å²) in [7, 11) is 0. The third kappa shape index (κ3) is 4.35. The number of benzene rings is 2. The lowest BCUT2D eigenvalue weighted by Crippen LogP contribution is -2.49. The average molecular weight is 422 g/mol. The maximum absolute atomic E-state index is 12.8. The molecule has 162 valence electrons. The third-order valence-electron chi connectivity index (χ3n) is 5.33. The zero-order chi connectivity index (χ0) is 22.7. The van der Waals surface area contributed by atoms with Gasteiger partial charge in [0.05, 0.1) is 11.1 Å². The molecule has 1 aliphatic rings. The van der Waals surface area contributed by atoms with Crippen molar-refractivity contribution in [2.45, 2.75) is 40.2 Å². The van der Waals surface area contributed by atoms with Gasteiger partial charge in [0.15, 0.2) is 6.61 Å². The van der Waals surface area contributed by atoms with Crippen molar-refractivity contribution in [2.75, 3.05) is 11.9 Å². The lowest BCUT2D eigenvalue weighted by molar-refractivity contribution is -0.152. The van der Waals surface area contributed by atoms with E-state index in [1.807, 2.05) is 32.0 Å². The zero-order valence-corrected chi connectivity index (χ0v) is 18.1. The Hall–Kier alpha value is -3.48. The molecule has 0 fully saturated rings. The van der Waals surface area contributed by atoms with E-state index >= 15 is 0 Å². The lowest BCUT2D eigenvalue weighted by atomic mass is 10.0. The quantitative estimate of drug-likeness (QED) is 0.546. The average Bonchev–Trinajstić information content (AvgIpc) is 2.99. The molecule has 0 unspecified atom stereocenters. The van der Waals surface area contributed by atoms with Gasteiger partial charge < -0.3 is 10.1 Å². The number of carbonyl (C=O) groups excluding carboxylic acids is 4. The fraction of sp³-hybridized carbons (Fsp3) is 0.333. The summed E-state index contributed by atoms with van der Waals surface area (Å²) in [6.45, 7) is 6.80. The Bertz CT molecular complexity index is 1010. The van der Waals surface area contributed by atoms with E-state index in [1.54, 1.807) is 38.1 Å². The molecule has 0 radical (unpaired) electrons. The number of para-hydroxylation sites is 1. The molecule has 0 spiro atoms. The van der Waals surface area contributed by atoms with Crippen LogP contribution < -0.4 is 5.32 Å². The summed E-state index contributed by atoms with van der Waals surface area (Å²) in [5.41, 5.74) is 3.10. The molecule has 0 aliphatic carbocycles. The summed E-state index contributed by atoms with van der Waals surface area (Å²) >= 11 is 0. The van der Waals surface area contributed by atoms with Crippen molar-refractivity contribution in [3.8, 4) is 0 Å². The molecular weight excluding hydrogens is 396 g/mol. The number of amides is 3. The number of rotatable bonds is 7. The number of ether oxygens (including phenoxy) is 1. The first-order valence-corrected chi connectivity index (χ1v) is 10.3. The van der Waals surface area contributed by atoms with Crippen LogP contribution in [0.1, 0.15) is 52.6 Å². The fourth-order valence-electron chi connectivity index (χ4n) is 3.74. The number of carbonyl (C=O) groups is 4. The Morgan fingerprint density at radius 3 is 2.16 bits per heavy atom. The Balaban J connectivity index is 1.71. The van der Waals surface area contributed by atoms with E-state index in [-0.39, 0.29) is 17.0 Å². The highest BCUT2D eigenvalue weighted by Gasteiger charge is 2.44. The molecule has 2 aromatic rings. The zero-order valence-electron chi connectivity index (χ0n) is 18.1. The van der Waals surface area contributed by atoms with Gasteiger partial charge in [0.25, 0.3) is 17.7 Å². The van der Waals surface area contributed by atoms with Gasteiger partial charge in [-0.1, -0.05) is 51.1 Å². The molecular formula is C24H26N2O5. The number of fused-ring (bicyclic) bond motifs is 1. The SMILES string of the molecule is CCc1cccc(C)c1NC(=O)COC(=O)[C@@H](C(C)C)N1C(=O)c2ccccc2C1=O. The van der Waals surface area contributed by atoms with Crippen LogP contribution in [0.15, 0.2) is 42.5 Å². The monoisotopic (exact) mass is 422 g/mol. The van der Waals surface area contributed by atoms with Gasteiger partial charge in [-0.2, -0.15) is 0 Å². The molecule has 1 heterocycles. The van der Waals surface area contributed by atoms with Crippen LogP contribution in [0.5, 0.6) is 0 Å². The summed E-state index contributed by atoms with van der Waals surface area (Å²) in [5.74, 6) is -2.73. The number of esters is 1. The van der Waals surface area contributed by atoms with Crippen molar-refractivity contribution < 1.29 is 23.9 Å². The fourth-order valence-corrected chi connectivity index (χ4v) is 3.74. The largest absolute Gasteiger partial charge is 0.454 e. The van der Waals surface area contributed by atoms with Gasteiger partial charge in [0, 0.05) is 5.69 Å². The molecule has 0 saturated heterocycles. The van der Waals surface area contributed by atoms with E-state index in [0.29, 0.717) is 5.69 Å². The van der Waals surface area contributed by atoms with Crippen molar-refractivity contribution in [1.29, 1.82) is 0 Å². The number of nitrogens with one attached hydrogen (secondary N) is 1. The Morgan fingerprint density at radius 2 is 1.61 bits per heavy atom. The summed E-state index contributed by atoms with van der Waals surface area (Å²) < 4.78 is 5.22. The minimum absolute atomic E-state index is 0.260. The van der Waals surface area contributed by atoms with Crippen LogP contribution in [0, 0.1) is 12.8 Å². The molecule has 2 aromatic carbocycles. The Morgan fingerprint density at radius 1 is 1.00 bits per heavy atom. The van der Waals surface area contributed by atoms with Crippen LogP contribution in [-0.2, 0) is 20.7 Å². The minimum Gasteiger partial charge on any atom is -0.454 e. The van der Waals surface area contributed by atoms with Crippen LogP contribution >= 0.6 is 0 Å². The molecule has 7 heteroatoms. The molecule has 3 rings (SSSR count). The highest BCUT2D eigenvalue weighted by atomic mass is 16.5. The normalized spacial score (nSPS) is 13.9. The molecule has 0 aromatic heterocycles. The Kier molecular flexibility index (Phi) is 6.53. The van der Waals surface area contributed by atoms with Gasteiger partial charge >= 0.3 is 5.97 Å². The van der Waals surface area contributed by atoms with Crippen molar-refractivity contribution in [3.05, 3.63) is 64.7 Å². The summed E-state index contributed by atoms with van der Waals surface area (Å²) in [6, 6.07) is 11.0. The summed E-state index contributed by atoms with van der Waals surface area (Å²) in [5, 5.41) is 2.79. The molecule has 7 nitrogen and oxygen atoms in total. The van der Waals surface area contributed by atoms with Crippen molar-refractivity contribution in [2.24, 2.45) is 5.92 Å². The summed E-state index contributed by atoms with van der Waals surface area (Å²) in [4.78, 5) is 51.7. The van der Waals surface area contributed by atoms with E-state index in [9.17, 15) is 19.2 Å². The Labute approximate surface area is 181 Å². The topological polar surface area (TPSA) is 92.8 Å². The van der Waals surface area contributed by atoms with Gasteiger partial charge in [-0.3, -0.25) is 19.3 Å². The van der Waals surface area contributed by atoms with Crippen LogP contribution in [0.4, 0.5) is 5.69 Å². The first-order valence-electron chi connectivity index (χ1n) is 10.3. The summed E-state index contributed by atoms with van der Waals surface area (Å²) in [6.07, 6.45) is 0.742. The first kappa shape index (κ1) is 22.2. The number of nitrogens with zero attached hydrogens (tertiary/aromatic N) is 1. The second-order valence-corrected chi connectivity index (χ2v) is 7.83. The predicted molar refractivity (Wildman–Crippen MR) is 116 cm³/mol. The minimum atomic E-state index is -1.12. The second kappa shape index (κ2) is 9.12. The molecule has 1 N–H and O–H groups in total. The molecule has 31 heavy (non-hydrogen) atoms. The van der Waals surface area contributed by atoms with E-state index in [1.165, 1.54) is 0 Å². The van der Waals surface area contributed by atoms with Crippen LogP contribution in [0.3, 0.4) is 0 Å². The smallest absolute Gasteiger partial charge is 0.330 e. The molecule has 1 aliphatic heterocycles. The van der Waals surface area contributed by atoms with Gasteiger partial charge in [0.2, 0.25) is 0 Å². The van der Waals surface area contributed by atoms with E-state index in [0.717, 1.165) is 22.4 Å². The number of hydrogen-bond donors (Lipinski definition) is 1. The maximum Gasteiger partial charge on any atom is 0.330 e. The molecule has 3 amide bonds. The van der Waals surface area contributed by atoms with Crippen LogP contribution in [-0.4, -0.2) is 41.2 Å². The maximum atomic E-state index is 12.8. The van der Waals surface area contributed by atoms with Gasteiger partial charge in [-0.15, -0.1) is 0 Å². The van der Waals surface area contributed by atoms with Gasteiger partial charge in [0.1, 0.15) is 6.04 Å². The lowest BCUT2D eigenvalue weighted by Gasteiger charge is -2.27. The number of imide groups is 1. The van der Waals surface area contributed by atoms with Gasteiger partial charge in [-0.25, -0.2) is 4.79 Å². The van der Waals surface area contributed by atoms with E-state index in [2.05, 4.69) is 5.32 Å². The van der Waals surface area contributed by atoms with E-state index < -0.39 is 36.3 Å². The van der Waals surface area contributed by atoms with Crippen molar-refractivity contribution in [3.63, 3.8) is 0 Å². The van der Waals surface area contributed by atoms with Gasteiger partial charge in [-0.05, 0) is 42.5 Å². The third-order valence-corrected chi connectivity index (χ3v) is 5.33. The highest BCUT2D eigenvalue weighted by Crippen LogP contribution is 2.27. The molecule has 0 saturated carbocycles. The second-order valence-electron chi connectivity index (χ2n) is 7.83. The standard InChI is InChI=1S/C24H26N2O5/c1-5-16-10-8-9-15(4)20(16)25-19(27)13-31-24(30)21(14(2)3)26-22(28)17-11-6-7-12-18(17)23(26)29/h6-12,14,21H,5,13H2,1-4H3,(H,25,27)/t21-/m1/s1. The molecule has 1 atom stereocenters. The highest BCUT2D eigenvalue weighted by molar-refractivity contribution is 6.22. The number of hydrogen-bond acceptors (Lipinski definition) is 5. The molecule has 0 bridgehead atoms. The van der Waals surface area contributed by atoms with Crippen LogP contribution in [0.25, 0.3) is 0 Å². The van der Waals surface area contributed by atoms with Crippen molar-refractivity contribution >= 4 is 29.4 Å². The number of anilines is 1. The van der Waals surface area contributed by atoms with Crippen LogP contribution in [0.2, 0.25) is 0 Å². The van der Waals surface area contributed by atoms with E-state index in [4.69, 9.17) is 4.74 Å². The number of aryl methyl sites for hydroxylation is 2. The first-order chi connectivity index (χ1) is 14.8.